The van der Waals surface area contributed by atoms with Gasteiger partial charge in [0.25, 0.3) is 0 Å². The number of hydrogen-bond acceptors (Lipinski definition) is 8. The molecule has 1 aliphatic rings. The molecule has 3 aromatic rings. The van der Waals surface area contributed by atoms with E-state index in [9.17, 15) is 8.60 Å². The summed E-state index contributed by atoms with van der Waals surface area (Å²) in [6.07, 6.45) is 2.38. The SMILES string of the molecule is CCCS(=O)Nc1cc(-c2cc(-c3cc(N4CCOCC4)sn3)cnc2N)cc(F)c1OC. The zero-order valence-electron chi connectivity index (χ0n) is 18.5. The lowest BCUT2D eigenvalue weighted by molar-refractivity contribution is 0.123. The molecule has 0 saturated carbocycles. The molecule has 3 heterocycles. The average molecular weight is 492 g/mol. The van der Waals surface area contributed by atoms with Gasteiger partial charge in [0.1, 0.15) is 21.8 Å². The van der Waals surface area contributed by atoms with Gasteiger partial charge >= 0.3 is 0 Å². The molecule has 1 unspecified atom stereocenters. The zero-order chi connectivity index (χ0) is 23.4. The molecule has 2 aromatic heterocycles. The lowest BCUT2D eigenvalue weighted by Crippen LogP contribution is -2.35. The van der Waals surface area contributed by atoms with Crippen LogP contribution in [0.3, 0.4) is 0 Å². The first-order valence-corrected chi connectivity index (χ1v) is 12.7. The largest absolute Gasteiger partial charge is 0.492 e. The Bertz CT molecular complexity index is 1150. The molecule has 0 bridgehead atoms. The number of pyridine rings is 1. The molecule has 11 heteroatoms. The first kappa shape index (κ1) is 23.4. The molecule has 1 aliphatic heterocycles. The van der Waals surface area contributed by atoms with Crippen LogP contribution < -0.4 is 20.1 Å². The highest BCUT2D eigenvalue weighted by Crippen LogP contribution is 2.37. The highest BCUT2D eigenvalue weighted by atomic mass is 32.2. The molecule has 4 rings (SSSR count). The maximum absolute atomic E-state index is 14.8. The fourth-order valence-electron chi connectivity index (χ4n) is 3.57. The number of nitrogens with one attached hydrogen (secondary N) is 1. The quantitative estimate of drug-likeness (QED) is 0.492. The van der Waals surface area contributed by atoms with Crippen molar-refractivity contribution in [2.75, 3.05) is 54.5 Å². The Morgan fingerprint density at radius 2 is 2.06 bits per heavy atom. The summed E-state index contributed by atoms with van der Waals surface area (Å²) < 4.78 is 45.1. The molecular formula is C22H26FN5O3S2. The predicted molar refractivity (Wildman–Crippen MR) is 132 cm³/mol. The Labute approximate surface area is 198 Å². The Morgan fingerprint density at radius 1 is 1.27 bits per heavy atom. The Kier molecular flexibility index (Phi) is 7.41. The molecule has 1 saturated heterocycles. The van der Waals surface area contributed by atoms with Crippen LogP contribution in [-0.2, 0) is 15.7 Å². The minimum Gasteiger partial charge on any atom is -0.492 e. The molecule has 0 amide bonds. The summed E-state index contributed by atoms with van der Waals surface area (Å²) in [6, 6.07) is 6.87. The summed E-state index contributed by atoms with van der Waals surface area (Å²) in [5.74, 6) is 0.107. The fraction of sp³-hybridized carbons (Fsp3) is 0.364. The van der Waals surface area contributed by atoms with Gasteiger partial charge in [0, 0.05) is 42.2 Å². The van der Waals surface area contributed by atoms with Gasteiger partial charge in [0.05, 0.1) is 31.7 Å². The number of morpholine rings is 1. The van der Waals surface area contributed by atoms with Crippen LogP contribution in [0.2, 0.25) is 0 Å². The normalized spacial score (nSPS) is 14.8. The molecule has 0 aliphatic carbocycles. The lowest BCUT2D eigenvalue weighted by atomic mass is 10.0. The second-order valence-electron chi connectivity index (χ2n) is 7.50. The van der Waals surface area contributed by atoms with Crippen molar-refractivity contribution in [3.8, 4) is 28.1 Å². The van der Waals surface area contributed by atoms with Gasteiger partial charge in [0.15, 0.2) is 11.6 Å². The van der Waals surface area contributed by atoms with Crippen LogP contribution in [0.5, 0.6) is 5.75 Å². The molecule has 1 aromatic carbocycles. The highest BCUT2D eigenvalue weighted by Gasteiger charge is 2.18. The third-order valence-corrected chi connectivity index (χ3v) is 7.28. The third kappa shape index (κ3) is 5.26. The van der Waals surface area contributed by atoms with Crippen LogP contribution in [0.15, 0.2) is 30.5 Å². The number of aromatic nitrogens is 2. The number of ether oxygens (including phenoxy) is 2. The Balaban J connectivity index is 1.68. The topological polar surface area (TPSA) is 103 Å². The van der Waals surface area contributed by atoms with E-state index in [0.717, 1.165) is 35.8 Å². The predicted octanol–water partition coefficient (Wildman–Crippen LogP) is 3.92. The molecular weight excluding hydrogens is 465 g/mol. The summed E-state index contributed by atoms with van der Waals surface area (Å²) in [5, 5.41) is 1.06. The first-order valence-electron chi connectivity index (χ1n) is 10.6. The van der Waals surface area contributed by atoms with E-state index in [1.54, 1.807) is 12.3 Å². The number of hydrogen-bond donors (Lipinski definition) is 2. The fourth-order valence-corrected chi connectivity index (χ4v) is 5.25. The monoisotopic (exact) mass is 491 g/mol. The van der Waals surface area contributed by atoms with Gasteiger partial charge in [0.2, 0.25) is 0 Å². The molecule has 176 valence electrons. The van der Waals surface area contributed by atoms with Crippen LogP contribution in [0.1, 0.15) is 13.3 Å². The number of nitrogens with zero attached hydrogens (tertiary/aromatic N) is 3. The van der Waals surface area contributed by atoms with Gasteiger partial charge in [-0.1, -0.05) is 6.92 Å². The van der Waals surface area contributed by atoms with E-state index in [1.807, 2.05) is 19.1 Å². The highest BCUT2D eigenvalue weighted by molar-refractivity contribution is 7.86. The van der Waals surface area contributed by atoms with Crippen LogP contribution in [0.25, 0.3) is 22.4 Å². The summed E-state index contributed by atoms with van der Waals surface area (Å²) >= 11 is 1.42. The van der Waals surface area contributed by atoms with E-state index in [-0.39, 0.29) is 11.6 Å². The van der Waals surface area contributed by atoms with E-state index in [2.05, 4.69) is 19.0 Å². The number of methoxy groups -OCH3 is 1. The minimum absolute atomic E-state index is 0.000502. The second kappa shape index (κ2) is 10.4. The number of rotatable bonds is 8. The van der Waals surface area contributed by atoms with Crippen molar-refractivity contribution in [1.29, 1.82) is 0 Å². The molecule has 3 N–H and O–H groups in total. The van der Waals surface area contributed by atoms with Crippen molar-refractivity contribution in [1.82, 2.24) is 9.36 Å². The van der Waals surface area contributed by atoms with Gasteiger partial charge in [-0.2, -0.15) is 4.37 Å². The smallest absolute Gasteiger partial charge is 0.178 e. The zero-order valence-corrected chi connectivity index (χ0v) is 20.1. The first-order chi connectivity index (χ1) is 16.0. The molecule has 1 atom stereocenters. The molecule has 0 spiro atoms. The van der Waals surface area contributed by atoms with Gasteiger partial charge in [-0.15, -0.1) is 0 Å². The van der Waals surface area contributed by atoms with Gasteiger partial charge in [-0.25, -0.2) is 13.6 Å². The number of benzene rings is 1. The van der Waals surface area contributed by atoms with E-state index >= 15 is 0 Å². The Morgan fingerprint density at radius 3 is 2.79 bits per heavy atom. The van der Waals surface area contributed by atoms with Crippen molar-refractivity contribution in [2.24, 2.45) is 0 Å². The number of nitrogens with two attached hydrogens (primary N) is 1. The van der Waals surface area contributed by atoms with Gasteiger partial charge in [-0.3, -0.25) is 0 Å². The number of halogens is 1. The Hall–Kier alpha value is -2.76. The van der Waals surface area contributed by atoms with Crippen molar-refractivity contribution < 1.29 is 18.1 Å². The number of anilines is 3. The van der Waals surface area contributed by atoms with Crippen molar-refractivity contribution in [2.45, 2.75) is 13.3 Å². The third-order valence-electron chi connectivity index (χ3n) is 5.21. The summed E-state index contributed by atoms with van der Waals surface area (Å²) in [5.41, 5.74) is 9.05. The molecule has 1 fully saturated rings. The van der Waals surface area contributed by atoms with Crippen molar-refractivity contribution >= 4 is 39.0 Å². The van der Waals surface area contributed by atoms with E-state index in [0.29, 0.717) is 35.8 Å². The standard InChI is InChI=1S/C22H26FN5O3S2/c1-3-8-33(29)27-19-11-14(10-17(23)21(19)30-2)16-9-15(13-25-22(16)24)18-12-20(32-26-18)28-4-6-31-7-5-28/h9-13,27H,3-8H2,1-2H3,(H2,24,25). The van der Waals surface area contributed by atoms with Crippen LogP contribution in [-0.4, -0.2) is 52.7 Å². The molecule has 33 heavy (non-hydrogen) atoms. The number of nitrogen functional groups attached to an aromatic ring is 1. The summed E-state index contributed by atoms with van der Waals surface area (Å²) in [7, 11) is 0.0109. The minimum atomic E-state index is -1.36. The molecule has 0 radical (unpaired) electrons. The van der Waals surface area contributed by atoms with Crippen molar-refractivity contribution in [3.05, 3.63) is 36.3 Å². The summed E-state index contributed by atoms with van der Waals surface area (Å²) in [6.45, 7) is 4.97. The van der Waals surface area contributed by atoms with Crippen molar-refractivity contribution in [3.63, 3.8) is 0 Å². The van der Waals surface area contributed by atoms with Gasteiger partial charge < -0.3 is 24.8 Å². The maximum Gasteiger partial charge on any atom is 0.178 e. The summed E-state index contributed by atoms with van der Waals surface area (Å²) in [4.78, 5) is 6.56. The van der Waals surface area contributed by atoms with Crippen LogP contribution in [0.4, 0.5) is 20.9 Å². The van der Waals surface area contributed by atoms with E-state index in [4.69, 9.17) is 15.2 Å². The van der Waals surface area contributed by atoms with E-state index < -0.39 is 16.8 Å². The van der Waals surface area contributed by atoms with E-state index in [1.165, 1.54) is 24.7 Å². The van der Waals surface area contributed by atoms with Crippen LogP contribution in [0, 0.1) is 5.82 Å². The second-order valence-corrected chi connectivity index (χ2v) is 9.58. The van der Waals surface area contributed by atoms with Crippen LogP contribution >= 0.6 is 11.5 Å². The lowest BCUT2D eigenvalue weighted by Gasteiger charge is -2.26. The average Bonchev–Trinajstić information content (AvgIpc) is 3.30. The maximum atomic E-state index is 14.8. The molecule has 8 nitrogen and oxygen atoms in total. The van der Waals surface area contributed by atoms with Gasteiger partial charge in [-0.05, 0) is 41.7 Å².